The van der Waals surface area contributed by atoms with Crippen LogP contribution in [0.3, 0.4) is 0 Å². The van der Waals surface area contributed by atoms with Gasteiger partial charge in [0, 0.05) is 43.2 Å². The van der Waals surface area contributed by atoms with Crippen LogP contribution in [0.2, 0.25) is 0 Å². The number of nitrogens with one attached hydrogen (secondary N) is 1. The van der Waals surface area contributed by atoms with E-state index in [9.17, 15) is 13.2 Å². The fourth-order valence-corrected chi connectivity index (χ4v) is 6.54. The molecule has 1 unspecified atom stereocenters. The zero-order valence-corrected chi connectivity index (χ0v) is 19.8. The topological polar surface area (TPSA) is 88.2 Å². The second-order valence-electron chi connectivity index (χ2n) is 7.89. The van der Waals surface area contributed by atoms with E-state index >= 15 is 0 Å². The molecule has 1 N–H and O–H groups in total. The monoisotopic (exact) mass is 479 g/mol. The Labute approximate surface area is 193 Å². The van der Waals surface area contributed by atoms with Gasteiger partial charge in [-0.15, -0.1) is 11.3 Å². The summed E-state index contributed by atoms with van der Waals surface area (Å²) in [6.45, 7) is 6.57. The van der Waals surface area contributed by atoms with Crippen LogP contribution in [0.5, 0.6) is 0 Å². The Morgan fingerprint density at radius 3 is 2.44 bits per heavy atom. The van der Waals surface area contributed by atoms with Crippen molar-refractivity contribution in [1.82, 2.24) is 14.5 Å². The van der Waals surface area contributed by atoms with Crippen molar-refractivity contribution in [1.29, 1.82) is 0 Å². The van der Waals surface area contributed by atoms with Crippen molar-refractivity contribution in [3.05, 3.63) is 51.7 Å². The summed E-state index contributed by atoms with van der Waals surface area (Å²) in [7, 11) is -3.68. The van der Waals surface area contributed by atoms with Gasteiger partial charge >= 0.3 is 0 Å². The van der Waals surface area contributed by atoms with E-state index in [4.69, 9.17) is 9.47 Å². The first-order valence-corrected chi connectivity index (χ1v) is 13.1. The van der Waals surface area contributed by atoms with Crippen molar-refractivity contribution in [2.75, 3.05) is 59.2 Å². The number of ether oxygens (including phenoxy) is 2. The predicted molar refractivity (Wildman–Crippen MR) is 123 cm³/mol. The van der Waals surface area contributed by atoms with Crippen LogP contribution in [-0.2, 0) is 19.5 Å². The van der Waals surface area contributed by atoms with Crippen molar-refractivity contribution in [3.63, 3.8) is 0 Å². The van der Waals surface area contributed by atoms with Gasteiger partial charge in [0.05, 0.1) is 37.4 Å². The first-order valence-electron chi connectivity index (χ1n) is 10.8. The molecule has 2 fully saturated rings. The molecule has 2 aliphatic rings. The van der Waals surface area contributed by atoms with Gasteiger partial charge < -0.3 is 14.8 Å². The van der Waals surface area contributed by atoms with Crippen molar-refractivity contribution < 1.29 is 22.7 Å². The quantitative estimate of drug-likeness (QED) is 0.653. The maximum atomic E-state index is 13.1. The van der Waals surface area contributed by atoms with Crippen LogP contribution >= 0.6 is 11.3 Å². The number of aryl methyl sites for hydroxylation is 1. The van der Waals surface area contributed by atoms with E-state index in [1.54, 1.807) is 30.4 Å². The summed E-state index contributed by atoms with van der Waals surface area (Å²) in [6.07, 6.45) is 0. The van der Waals surface area contributed by atoms with Gasteiger partial charge in [-0.3, -0.25) is 9.69 Å². The summed E-state index contributed by atoms with van der Waals surface area (Å²) in [5.74, 6) is -0.279. The molecule has 0 radical (unpaired) electrons. The zero-order chi connectivity index (χ0) is 22.6. The molecule has 0 bridgehead atoms. The molecule has 32 heavy (non-hydrogen) atoms. The van der Waals surface area contributed by atoms with Crippen LogP contribution in [0.25, 0.3) is 0 Å². The summed E-state index contributed by atoms with van der Waals surface area (Å²) in [5.41, 5.74) is 0.965. The molecular formula is C22H29N3O5S2. The van der Waals surface area contributed by atoms with E-state index in [-0.39, 0.29) is 16.8 Å². The number of hydrogen-bond acceptors (Lipinski definition) is 7. The summed E-state index contributed by atoms with van der Waals surface area (Å²) < 4.78 is 38.4. The fraction of sp³-hybridized carbons (Fsp3) is 0.500. The predicted octanol–water partition coefficient (Wildman–Crippen LogP) is 1.88. The van der Waals surface area contributed by atoms with Crippen LogP contribution < -0.4 is 5.32 Å². The first kappa shape index (κ1) is 23.3. The standard InChI is InChI=1S/C22H29N3O5S2/c1-17-4-5-18(15-21(17)32(27,28)25-8-12-30-13-9-25)22(26)23-16-19(20-3-2-14-31-20)24-6-10-29-11-7-24/h2-5,14-15,19H,6-13,16H2,1H3,(H,23,26). The van der Waals surface area contributed by atoms with Gasteiger partial charge in [-0.1, -0.05) is 12.1 Å². The number of carbonyl (C=O) groups is 1. The van der Waals surface area contributed by atoms with E-state index < -0.39 is 10.0 Å². The van der Waals surface area contributed by atoms with Gasteiger partial charge in [0.1, 0.15) is 0 Å². The Kier molecular flexibility index (Phi) is 7.59. The zero-order valence-electron chi connectivity index (χ0n) is 18.2. The van der Waals surface area contributed by atoms with Crippen molar-refractivity contribution in [3.8, 4) is 0 Å². The molecule has 3 heterocycles. The number of morpholine rings is 2. The Balaban J connectivity index is 1.50. The molecule has 1 amide bonds. The summed E-state index contributed by atoms with van der Waals surface area (Å²) >= 11 is 1.67. The number of amides is 1. The van der Waals surface area contributed by atoms with Crippen molar-refractivity contribution in [2.24, 2.45) is 0 Å². The molecule has 2 aromatic rings. The van der Waals surface area contributed by atoms with Gasteiger partial charge in [-0.2, -0.15) is 4.31 Å². The average Bonchev–Trinajstić information content (AvgIpc) is 3.35. The number of benzene rings is 1. The highest BCUT2D eigenvalue weighted by Crippen LogP contribution is 2.26. The molecular weight excluding hydrogens is 450 g/mol. The van der Waals surface area contributed by atoms with Gasteiger partial charge in [-0.25, -0.2) is 8.42 Å². The molecule has 1 aromatic heterocycles. The Morgan fingerprint density at radius 1 is 1.09 bits per heavy atom. The Hall–Kier alpha value is -1.82. The third-order valence-electron chi connectivity index (χ3n) is 5.85. The van der Waals surface area contributed by atoms with Gasteiger partial charge in [0.15, 0.2) is 0 Å². The summed E-state index contributed by atoms with van der Waals surface area (Å²) in [5, 5.41) is 5.05. The highest BCUT2D eigenvalue weighted by Gasteiger charge is 2.29. The number of nitrogens with zero attached hydrogens (tertiary/aromatic N) is 2. The van der Waals surface area contributed by atoms with E-state index in [1.807, 2.05) is 11.4 Å². The third-order valence-corrected chi connectivity index (χ3v) is 8.87. The minimum absolute atomic E-state index is 0.0600. The molecule has 0 saturated carbocycles. The molecule has 8 nitrogen and oxygen atoms in total. The molecule has 0 spiro atoms. The van der Waals surface area contributed by atoms with Gasteiger partial charge in [-0.05, 0) is 36.1 Å². The van der Waals surface area contributed by atoms with E-state index in [1.165, 1.54) is 15.2 Å². The normalized spacial score (nSPS) is 19.5. The SMILES string of the molecule is Cc1ccc(C(=O)NCC(c2cccs2)N2CCOCC2)cc1S(=O)(=O)N1CCOCC1. The number of sulfonamides is 1. The second-order valence-corrected chi connectivity index (χ2v) is 10.8. The largest absolute Gasteiger partial charge is 0.379 e. The molecule has 2 aliphatic heterocycles. The summed E-state index contributed by atoms with van der Waals surface area (Å²) in [4.78, 5) is 16.7. The number of rotatable bonds is 7. The van der Waals surface area contributed by atoms with Crippen molar-refractivity contribution in [2.45, 2.75) is 17.9 Å². The molecule has 0 aliphatic carbocycles. The highest BCUT2D eigenvalue weighted by atomic mass is 32.2. The molecule has 1 aromatic carbocycles. The van der Waals surface area contributed by atoms with Crippen LogP contribution in [0.15, 0.2) is 40.6 Å². The maximum absolute atomic E-state index is 13.1. The number of thiophene rings is 1. The average molecular weight is 480 g/mol. The Morgan fingerprint density at radius 2 is 1.78 bits per heavy atom. The van der Waals surface area contributed by atoms with Crippen LogP contribution in [0.1, 0.15) is 26.8 Å². The molecule has 4 rings (SSSR count). The van der Waals surface area contributed by atoms with E-state index in [0.717, 1.165) is 13.1 Å². The van der Waals surface area contributed by atoms with Crippen LogP contribution in [0, 0.1) is 6.92 Å². The fourth-order valence-electron chi connectivity index (χ4n) is 4.02. The second kappa shape index (κ2) is 10.4. The Bertz CT molecular complexity index is 1010. The van der Waals surface area contributed by atoms with Crippen molar-refractivity contribution >= 4 is 27.3 Å². The summed E-state index contributed by atoms with van der Waals surface area (Å²) in [6, 6.07) is 9.02. The van der Waals surface area contributed by atoms with Gasteiger partial charge in [0.25, 0.3) is 5.91 Å². The number of hydrogen-bond donors (Lipinski definition) is 1. The molecule has 10 heteroatoms. The maximum Gasteiger partial charge on any atom is 0.251 e. The lowest BCUT2D eigenvalue weighted by atomic mass is 10.1. The lowest BCUT2D eigenvalue weighted by Crippen LogP contribution is -2.43. The van der Waals surface area contributed by atoms with Crippen LogP contribution in [-0.4, -0.2) is 82.7 Å². The van der Waals surface area contributed by atoms with E-state index in [0.29, 0.717) is 57.2 Å². The molecule has 1 atom stereocenters. The minimum atomic E-state index is -3.68. The lowest BCUT2D eigenvalue weighted by molar-refractivity contribution is 0.0169. The van der Waals surface area contributed by atoms with Crippen LogP contribution in [0.4, 0.5) is 0 Å². The lowest BCUT2D eigenvalue weighted by Gasteiger charge is -2.34. The molecule has 2 saturated heterocycles. The highest BCUT2D eigenvalue weighted by molar-refractivity contribution is 7.89. The molecule has 174 valence electrons. The van der Waals surface area contributed by atoms with Gasteiger partial charge in [0.2, 0.25) is 10.0 Å². The number of carbonyl (C=O) groups excluding carboxylic acids is 1. The smallest absolute Gasteiger partial charge is 0.251 e. The third kappa shape index (κ3) is 5.22. The minimum Gasteiger partial charge on any atom is -0.379 e. The first-order chi connectivity index (χ1) is 15.5. The van der Waals surface area contributed by atoms with E-state index in [2.05, 4.69) is 16.3 Å².